The van der Waals surface area contributed by atoms with Gasteiger partial charge in [0.25, 0.3) is 5.56 Å². The molecule has 4 heteroatoms. The number of nitrogens with zero attached hydrogens (tertiary/aromatic N) is 2. The van der Waals surface area contributed by atoms with E-state index in [9.17, 15) is 4.79 Å². The molecule has 0 radical (unpaired) electrons. The summed E-state index contributed by atoms with van der Waals surface area (Å²) in [7, 11) is 0. The van der Waals surface area contributed by atoms with Gasteiger partial charge in [0.1, 0.15) is 5.65 Å². The highest BCUT2D eigenvalue weighted by Gasteiger charge is 2.20. The number of fused-ring (bicyclic) bond motifs is 2. The number of allylic oxidation sites excluding steroid dienone is 1. The fraction of sp³-hybridized carbons (Fsp3) is 0.158. The van der Waals surface area contributed by atoms with Gasteiger partial charge < -0.3 is 0 Å². The molecule has 0 fully saturated rings. The number of benzene rings is 1. The monoisotopic (exact) mass is 322 g/mol. The summed E-state index contributed by atoms with van der Waals surface area (Å²) in [6, 6.07) is 13.7. The van der Waals surface area contributed by atoms with Gasteiger partial charge in [-0.05, 0) is 48.6 Å². The summed E-state index contributed by atoms with van der Waals surface area (Å²) >= 11 is 6.01. The third-order valence-corrected chi connectivity index (χ3v) is 4.42. The topological polar surface area (TPSA) is 34.4 Å². The van der Waals surface area contributed by atoms with E-state index >= 15 is 0 Å². The third-order valence-electron chi connectivity index (χ3n) is 4.20. The molecule has 0 saturated carbocycles. The van der Waals surface area contributed by atoms with Gasteiger partial charge >= 0.3 is 0 Å². The Balaban J connectivity index is 1.95. The van der Waals surface area contributed by atoms with Crippen LogP contribution in [0.2, 0.25) is 5.02 Å². The van der Waals surface area contributed by atoms with Gasteiger partial charge in [-0.25, -0.2) is 4.98 Å². The van der Waals surface area contributed by atoms with Crippen molar-refractivity contribution in [1.82, 2.24) is 9.38 Å². The number of pyridine rings is 1. The van der Waals surface area contributed by atoms with E-state index in [1.807, 2.05) is 18.2 Å². The maximum atomic E-state index is 12.8. The lowest BCUT2D eigenvalue weighted by Gasteiger charge is -2.18. The molecule has 0 amide bonds. The Labute approximate surface area is 138 Å². The molecule has 0 aliphatic heterocycles. The second kappa shape index (κ2) is 5.67. The molecule has 3 nitrogen and oxygen atoms in total. The normalized spacial score (nSPS) is 15.8. The Kier molecular flexibility index (Phi) is 3.50. The molecule has 1 aliphatic carbocycles. The van der Waals surface area contributed by atoms with E-state index in [1.165, 1.54) is 0 Å². The number of hydrogen-bond donors (Lipinski definition) is 0. The van der Waals surface area contributed by atoms with Crippen LogP contribution >= 0.6 is 11.6 Å². The zero-order chi connectivity index (χ0) is 15.8. The average molecular weight is 323 g/mol. The van der Waals surface area contributed by atoms with Crippen LogP contribution in [-0.4, -0.2) is 9.38 Å². The van der Waals surface area contributed by atoms with Gasteiger partial charge in [-0.3, -0.25) is 9.20 Å². The van der Waals surface area contributed by atoms with E-state index in [-0.39, 0.29) is 5.56 Å². The van der Waals surface area contributed by atoms with Gasteiger partial charge in [-0.15, -0.1) is 0 Å². The molecule has 0 bridgehead atoms. The number of halogens is 1. The molecule has 3 aromatic rings. The maximum Gasteiger partial charge on any atom is 0.261 e. The van der Waals surface area contributed by atoms with Crippen molar-refractivity contribution < 1.29 is 0 Å². The van der Waals surface area contributed by atoms with Gasteiger partial charge in [-0.1, -0.05) is 41.9 Å². The summed E-state index contributed by atoms with van der Waals surface area (Å²) in [5, 5.41) is 0.539. The van der Waals surface area contributed by atoms with Crippen LogP contribution in [-0.2, 0) is 6.42 Å². The Hall–Kier alpha value is -2.39. The minimum atomic E-state index is -0.00818. The largest absolute Gasteiger partial charge is 0.269 e. The summed E-state index contributed by atoms with van der Waals surface area (Å²) in [6.45, 7) is 0. The minimum Gasteiger partial charge on any atom is -0.269 e. The van der Waals surface area contributed by atoms with Crippen LogP contribution in [0.1, 0.15) is 29.7 Å². The van der Waals surface area contributed by atoms with Crippen molar-refractivity contribution in [3.05, 3.63) is 80.9 Å². The number of hydrogen-bond acceptors (Lipinski definition) is 2. The summed E-state index contributed by atoms with van der Waals surface area (Å²) in [6.07, 6.45) is 6.45. The summed E-state index contributed by atoms with van der Waals surface area (Å²) in [5.41, 5.74) is 4.52. The van der Waals surface area contributed by atoms with Crippen LogP contribution in [0.15, 0.2) is 53.5 Å². The number of aromatic nitrogens is 2. The zero-order valence-corrected chi connectivity index (χ0v) is 13.3. The first-order valence-corrected chi connectivity index (χ1v) is 8.07. The Morgan fingerprint density at radius 3 is 2.74 bits per heavy atom. The quantitative estimate of drug-likeness (QED) is 0.672. The first kappa shape index (κ1) is 14.2. The SMILES string of the molecule is O=c1c2c(nc3ccc(Cl)cn13)C(=Cc1ccccc1)CCC2. The Morgan fingerprint density at radius 1 is 1.09 bits per heavy atom. The minimum absolute atomic E-state index is 0.00818. The standard InChI is InChI=1S/C19H15ClN2O/c20-15-9-10-17-21-18-14(11-13-5-2-1-3-6-13)7-4-8-16(18)19(23)22(17)12-15/h1-3,5-6,9-12H,4,7-8H2. The van der Waals surface area contributed by atoms with Crippen LogP contribution in [0.5, 0.6) is 0 Å². The fourth-order valence-electron chi connectivity index (χ4n) is 3.11. The van der Waals surface area contributed by atoms with Crippen molar-refractivity contribution in [2.24, 2.45) is 0 Å². The van der Waals surface area contributed by atoms with E-state index < -0.39 is 0 Å². The third kappa shape index (κ3) is 2.57. The van der Waals surface area contributed by atoms with Gasteiger partial charge in [0.15, 0.2) is 0 Å². The molecule has 1 aromatic carbocycles. The van der Waals surface area contributed by atoms with Crippen LogP contribution < -0.4 is 5.56 Å². The van der Waals surface area contributed by atoms with Gasteiger partial charge in [0.2, 0.25) is 0 Å². The molecule has 0 N–H and O–H groups in total. The predicted octanol–water partition coefficient (Wildman–Crippen LogP) is 4.22. The van der Waals surface area contributed by atoms with Crippen LogP contribution in [0.25, 0.3) is 17.3 Å². The van der Waals surface area contributed by atoms with Crippen molar-refractivity contribution in [3.63, 3.8) is 0 Å². The van der Waals surface area contributed by atoms with Gasteiger partial charge in [0.05, 0.1) is 10.7 Å². The Bertz CT molecular complexity index is 974. The van der Waals surface area contributed by atoms with Crippen LogP contribution in [0.3, 0.4) is 0 Å². The molecule has 23 heavy (non-hydrogen) atoms. The van der Waals surface area contributed by atoms with Crippen molar-refractivity contribution in [3.8, 4) is 0 Å². The summed E-state index contributed by atoms with van der Waals surface area (Å²) < 4.78 is 1.55. The first-order chi connectivity index (χ1) is 11.2. The lowest BCUT2D eigenvalue weighted by atomic mass is 9.91. The fourth-order valence-corrected chi connectivity index (χ4v) is 3.27. The molecule has 2 heterocycles. The highest BCUT2D eigenvalue weighted by atomic mass is 35.5. The molecular formula is C19H15ClN2O. The van der Waals surface area contributed by atoms with Crippen molar-refractivity contribution in [1.29, 1.82) is 0 Å². The lowest BCUT2D eigenvalue weighted by Crippen LogP contribution is -2.24. The molecule has 0 spiro atoms. The summed E-state index contributed by atoms with van der Waals surface area (Å²) in [4.78, 5) is 17.5. The highest BCUT2D eigenvalue weighted by Crippen LogP contribution is 2.29. The van der Waals surface area contributed by atoms with Gasteiger partial charge in [-0.2, -0.15) is 0 Å². The molecule has 1 aliphatic rings. The van der Waals surface area contributed by atoms with Crippen molar-refractivity contribution in [2.75, 3.05) is 0 Å². The van der Waals surface area contributed by atoms with E-state index in [2.05, 4.69) is 18.2 Å². The summed E-state index contributed by atoms with van der Waals surface area (Å²) in [5.74, 6) is 0. The van der Waals surface area contributed by atoms with E-state index in [0.717, 1.165) is 41.7 Å². The highest BCUT2D eigenvalue weighted by molar-refractivity contribution is 6.30. The van der Waals surface area contributed by atoms with E-state index in [0.29, 0.717) is 10.7 Å². The van der Waals surface area contributed by atoms with Crippen LogP contribution in [0, 0.1) is 0 Å². The second-order valence-corrected chi connectivity index (χ2v) is 6.19. The molecule has 0 atom stereocenters. The molecular weight excluding hydrogens is 308 g/mol. The molecule has 0 saturated heterocycles. The van der Waals surface area contributed by atoms with Gasteiger partial charge in [0, 0.05) is 11.8 Å². The molecule has 2 aromatic heterocycles. The van der Waals surface area contributed by atoms with E-state index in [4.69, 9.17) is 16.6 Å². The molecule has 114 valence electrons. The number of rotatable bonds is 1. The van der Waals surface area contributed by atoms with Crippen molar-refractivity contribution in [2.45, 2.75) is 19.3 Å². The molecule has 0 unspecified atom stereocenters. The Morgan fingerprint density at radius 2 is 1.91 bits per heavy atom. The average Bonchev–Trinajstić information content (AvgIpc) is 2.57. The predicted molar refractivity (Wildman–Crippen MR) is 93.7 cm³/mol. The first-order valence-electron chi connectivity index (χ1n) is 7.69. The van der Waals surface area contributed by atoms with Crippen molar-refractivity contribution >= 4 is 28.9 Å². The zero-order valence-electron chi connectivity index (χ0n) is 12.5. The lowest BCUT2D eigenvalue weighted by molar-refractivity contribution is 0.787. The molecule has 4 rings (SSSR count). The second-order valence-electron chi connectivity index (χ2n) is 5.75. The van der Waals surface area contributed by atoms with E-state index in [1.54, 1.807) is 22.7 Å². The smallest absolute Gasteiger partial charge is 0.261 e. The van der Waals surface area contributed by atoms with Crippen LogP contribution in [0.4, 0.5) is 0 Å². The maximum absolute atomic E-state index is 12.8.